The first kappa shape index (κ1) is 98.7. The van der Waals surface area contributed by atoms with Gasteiger partial charge in [0.2, 0.25) is 0 Å². The molecule has 0 amide bonds. The molecule has 2 atom stereocenters. The van der Waals surface area contributed by atoms with Crippen LogP contribution < -0.4 is 0 Å². The molecule has 586 valence electrons. The summed E-state index contributed by atoms with van der Waals surface area (Å²) in [5, 5.41) is 0. The number of rotatable bonds is 23. The van der Waals surface area contributed by atoms with Crippen LogP contribution in [0.3, 0.4) is 0 Å². The largest absolute Gasteiger partial charge is 0.469 e. The van der Waals surface area contributed by atoms with E-state index in [4.69, 9.17) is 52.1 Å². The molecule has 0 bridgehead atoms. The van der Waals surface area contributed by atoms with Crippen molar-refractivity contribution in [3.63, 3.8) is 0 Å². The first-order chi connectivity index (χ1) is 46.7. The van der Waals surface area contributed by atoms with E-state index in [0.717, 1.165) is 64.8 Å². The van der Waals surface area contributed by atoms with Crippen molar-refractivity contribution >= 4 is 59.7 Å². The maximum Gasteiger partial charge on any atom is 0.308 e. The van der Waals surface area contributed by atoms with Gasteiger partial charge in [0, 0.05) is 26.3 Å². The fourth-order valence-corrected chi connectivity index (χ4v) is 7.21. The van der Waals surface area contributed by atoms with E-state index in [1.807, 2.05) is 146 Å². The molecule has 0 N–H and O–H groups in total. The molecule has 0 unspecified atom stereocenters. The summed E-state index contributed by atoms with van der Waals surface area (Å²) in [6, 6.07) is 0. The lowest BCUT2D eigenvalue weighted by Crippen LogP contribution is -2.50. The van der Waals surface area contributed by atoms with E-state index in [0.29, 0.717) is 58.1 Å². The number of likely N-dealkylation sites (N-methyl/N-ethyl adjacent to an activating group) is 1. The van der Waals surface area contributed by atoms with Gasteiger partial charge in [-0.05, 0) is 110 Å². The minimum absolute atomic E-state index is 0.000839. The third kappa shape index (κ3) is 55.2. The van der Waals surface area contributed by atoms with E-state index in [2.05, 4.69) is 14.4 Å². The molecular formula is C76H139NO23. The van der Waals surface area contributed by atoms with Crippen LogP contribution in [-0.2, 0) is 110 Å². The van der Waals surface area contributed by atoms with E-state index in [1.165, 1.54) is 45.6 Å². The molecule has 24 nitrogen and oxygen atoms in total. The Bertz CT molecular complexity index is 2140. The Labute approximate surface area is 602 Å². The van der Waals surface area contributed by atoms with Crippen molar-refractivity contribution in [2.24, 2.45) is 71.0 Å². The van der Waals surface area contributed by atoms with Gasteiger partial charge < -0.3 is 61.6 Å². The fourth-order valence-electron chi connectivity index (χ4n) is 7.21. The Morgan fingerprint density at radius 1 is 0.350 bits per heavy atom. The highest BCUT2D eigenvalue weighted by atomic mass is 16.6. The number of ether oxygens (including phenoxy) is 13. The zero-order valence-electron chi connectivity index (χ0n) is 66.5. The highest BCUT2D eigenvalue weighted by molar-refractivity contribution is 5.74. The summed E-state index contributed by atoms with van der Waals surface area (Å²) in [7, 11) is 3.40. The fraction of sp³-hybridized carbons (Fsp3) is 0.868. The first-order valence-electron chi connectivity index (χ1n) is 36.9. The van der Waals surface area contributed by atoms with Crippen LogP contribution in [0.2, 0.25) is 0 Å². The van der Waals surface area contributed by atoms with Gasteiger partial charge in [-0.2, -0.15) is 0 Å². The van der Waals surface area contributed by atoms with Crippen LogP contribution in [-0.4, -0.2) is 188 Å². The number of carbonyl (C=O) groups excluding carboxylic acids is 10. The van der Waals surface area contributed by atoms with Crippen LogP contribution >= 0.6 is 0 Å². The predicted octanol–water partition coefficient (Wildman–Crippen LogP) is 12.7. The van der Waals surface area contributed by atoms with E-state index in [-0.39, 0.29) is 155 Å². The third-order valence-corrected chi connectivity index (χ3v) is 14.8. The SMILES string of the molecule is CC(C)C(=O)OC1CCC1.CC(C)C(=O)OC1CN(C)C1.CC(C)C(=O)OC1COC1.CC(C)C(=O)OCC1CC1.CC(C)C(=O)OCC1CCC1.CC(C)C(=O)OC[C@@H]1CCCO1.CC(C)C(=O)OC[C@H]1CCCO1.CC(C)OC(=O)C(C)C.CCOC(=O)C(C)C.COC(=O)C(C)C. The summed E-state index contributed by atoms with van der Waals surface area (Å²) in [6.45, 7) is 49.4. The van der Waals surface area contributed by atoms with Gasteiger partial charge >= 0.3 is 59.7 Å². The van der Waals surface area contributed by atoms with Gasteiger partial charge in [-0.15, -0.1) is 0 Å². The molecule has 0 aromatic carbocycles. The molecule has 3 saturated carbocycles. The number of methoxy groups -OCH3 is 1. The van der Waals surface area contributed by atoms with Gasteiger partial charge in [-0.3, -0.25) is 52.8 Å². The summed E-state index contributed by atoms with van der Waals surface area (Å²) >= 11 is 0. The molecular weight excluding hydrogens is 1290 g/mol. The average molecular weight is 1430 g/mol. The Morgan fingerprint density at radius 2 is 0.660 bits per heavy atom. The molecule has 0 spiro atoms. The number of nitrogens with zero attached hydrogens (tertiary/aromatic N) is 1. The standard InChI is InChI=1S/2C9H16O3.C9H16O2.C8H15NO2.2C8H14O2.C7H12O3.C7H14O2.C6H12O2.C5H10O2/c2*1-7(2)9(10)12-6-8-4-3-5-11-8;1-7(2)9(10)11-6-8-4-3-5-8;1-6(2)8(10)11-7-4-9(3)5-7;1-6(2)8(9)10-5-7-3-4-7;1-6(2)8(9)10-7-4-3-5-7;1-5(2)7(8)10-6-3-9-4-6;1-5(2)7(8)9-6(3)4;1-4-8-6(7)5(2)3;1-4(2)5(6)7-3/h2*7-8H,3-6H2,1-2H3;7-8H,3-6H2,1-2H3;6-7H,4-5H2,1-3H3;2*6-7H,3-5H2,1-2H3;5-6H,3-4H2,1-2H3;5-6H,1-4H3;5H,4H2,1-3H3;4H,1-3H3/t2*8-;;;;;;;;/m10......../s1. The second-order valence-corrected chi connectivity index (χ2v) is 29.2. The Hall–Kier alpha value is -5.46. The Morgan fingerprint density at radius 3 is 0.860 bits per heavy atom. The second-order valence-electron chi connectivity index (χ2n) is 29.2. The second kappa shape index (κ2) is 58.0. The minimum atomic E-state index is -0.153. The third-order valence-electron chi connectivity index (χ3n) is 14.8. The molecule has 4 saturated heterocycles. The lowest BCUT2D eigenvalue weighted by Gasteiger charge is -2.35. The summed E-state index contributed by atoms with van der Waals surface area (Å²) in [5.41, 5.74) is 0. The maximum absolute atomic E-state index is 11.0. The molecule has 0 aromatic heterocycles. The van der Waals surface area contributed by atoms with E-state index in [9.17, 15) is 47.9 Å². The molecule has 0 aromatic rings. The van der Waals surface area contributed by atoms with E-state index in [1.54, 1.807) is 20.8 Å². The van der Waals surface area contributed by atoms with Crippen LogP contribution in [0, 0.1) is 71.0 Å². The zero-order chi connectivity index (χ0) is 77.2. The van der Waals surface area contributed by atoms with Gasteiger partial charge in [-0.25, -0.2) is 0 Å². The van der Waals surface area contributed by atoms with Gasteiger partial charge in [0.15, 0.2) is 0 Å². The topological polar surface area (TPSA) is 294 Å². The quantitative estimate of drug-likeness (QED) is 0.0678. The maximum atomic E-state index is 11.0. The lowest BCUT2D eigenvalue weighted by atomic mass is 9.86. The normalized spacial score (nSPS) is 17.6. The van der Waals surface area contributed by atoms with Crippen molar-refractivity contribution in [1.29, 1.82) is 0 Å². The number of hydrogen-bond donors (Lipinski definition) is 0. The number of likely N-dealkylation sites (tertiary alicyclic amines) is 1. The average Bonchev–Trinajstić information content (AvgIpc) is 1.29. The summed E-state index contributed by atoms with van der Waals surface area (Å²) < 4.78 is 64.7. The van der Waals surface area contributed by atoms with Crippen molar-refractivity contribution < 1.29 is 110 Å². The monoisotopic (exact) mass is 1430 g/mol. The van der Waals surface area contributed by atoms with Crippen molar-refractivity contribution in [2.75, 3.05) is 86.7 Å². The van der Waals surface area contributed by atoms with E-state index >= 15 is 0 Å². The van der Waals surface area contributed by atoms with E-state index < -0.39 is 0 Å². The summed E-state index contributed by atoms with van der Waals surface area (Å²) in [5.74, 6) is 0.292. The molecule has 3 aliphatic carbocycles. The minimum Gasteiger partial charge on any atom is -0.469 e. The van der Waals surface area contributed by atoms with Gasteiger partial charge in [0.05, 0.1) is 118 Å². The van der Waals surface area contributed by atoms with Crippen molar-refractivity contribution in [3.8, 4) is 0 Å². The zero-order valence-corrected chi connectivity index (χ0v) is 66.5. The number of esters is 10. The molecule has 0 radical (unpaired) electrons. The summed E-state index contributed by atoms with van der Waals surface area (Å²) in [6.07, 6.45) is 14.6. The first-order valence-corrected chi connectivity index (χ1v) is 36.9. The molecule has 7 fully saturated rings. The molecule has 100 heavy (non-hydrogen) atoms. The Balaban J connectivity index is -0.00000105. The molecule has 7 aliphatic rings. The van der Waals surface area contributed by atoms with Crippen LogP contribution in [0.15, 0.2) is 0 Å². The van der Waals surface area contributed by atoms with Crippen molar-refractivity contribution in [2.45, 2.75) is 273 Å². The molecule has 4 heterocycles. The van der Waals surface area contributed by atoms with Gasteiger partial charge in [0.1, 0.15) is 31.5 Å². The van der Waals surface area contributed by atoms with Crippen LogP contribution in [0.4, 0.5) is 0 Å². The highest BCUT2D eigenvalue weighted by Crippen LogP contribution is 2.29. The van der Waals surface area contributed by atoms with Crippen molar-refractivity contribution in [3.05, 3.63) is 0 Å². The van der Waals surface area contributed by atoms with Crippen LogP contribution in [0.5, 0.6) is 0 Å². The smallest absolute Gasteiger partial charge is 0.308 e. The molecule has 24 heteroatoms. The van der Waals surface area contributed by atoms with Crippen molar-refractivity contribution in [1.82, 2.24) is 4.90 Å². The highest BCUT2D eigenvalue weighted by Gasteiger charge is 2.29. The Kier molecular flexibility index (Phi) is 57.2. The summed E-state index contributed by atoms with van der Waals surface area (Å²) in [4.78, 5) is 110. The lowest BCUT2D eigenvalue weighted by molar-refractivity contribution is -0.175. The van der Waals surface area contributed by atoms with Crippen LogP contribution in [0.25, 0.3) is 0 Å². The van der Waals surface area contributed by atoms with Crippen LogP contribution in [0.1, 0.15) is 236 Å². The van der Waals surface area contributed by atoms with Gasteiger partial charge in [-0.1, -0.05) is 145 Å². The van der Waals surface area contributed by atoms with Gasteiger partial charge in [0.25, 0.3) is 0 Å². The number of hydrogen-bond acceptors (Lipinski definition) is 24. The molecule has 4 aliphatic heterocycles. The predicted molar refractivity (Wildman–Crippen MR) is 382 cm³/mol. The molecule has 7 rings (SSSR count). The number of carbonyl (C=O) groups is 10.